The monoisotopic (exact) mass is 438 g/mol. The molecule has 5 rings (SSSR count). The molecule has 0 radical (unpaired) electrons. The van der Waals surface area contributed by atoms with Crippen LogP contribution in [0.1, 0.15) is 28.0 Å². The summed E-state index contributed by atoms with van der Waals surface area (Å²) in [4.78, 5) is 30.3. The van der Waals surface area contributed by atoms with Gasteiger partial charge in [-0.05, 0) is 55.2 Å². The topological polar surface area (TPSA) is 77.5 Å². The van der Waals surface area contributed by atoms with Gasteiger partial charge in [-0.3, -0.25) is 9.78 Å². The van der Waals surface area contributed by atoms with E-state index in [1.165, 1.54) is 0 Å². The number of carbonyl (C=O) groups excluding carboxylic acids is 2. The molecule has 0 unspecified atom stereocenters. The lowest BCUT2D eigenvalue weighted by Crippen LogP contribution is -2.22. The molecule has 0 atom stereocenters. The summed E-state index contributed by atoms with van der Waals surface area (Å²) in [5.41, 5.74) is 3.66. The van der Waals surface area contributed by atoms with Gasteiger partial charge in [-0.25, -0.2) is 4.79 Å². The summed E-state index contributed by atoms with van der Waals surface area (Å²) in [7, 11) is 0. The Labute approximate surface area is 191 Å². The van der Waals surface area contributed by atoms with Crippen molar-refractivity contribution in [2.24, 2.45) is 0 Å². The highest BCUT2D eigenvalue weighted by Gasteiger charge is 2.25. The molecule has 1 N–H and O–H groups in total. The minimum atomic E-state index is -0.504. The van der Waals surface area contributed by atoms with Gasteiger partial charge in [0.25, 0.3) is 5.91 Å². The number of carbonyl (C=O) groups is 2. The van der Waals surface area contributed by atoms with Crippen LogP contribution < -0.4 is 10.1 Å². The van der Waals surface area contributed by atoms with Crippen LogP contribution in [0.3, 0.4) is 0 Å². The van der Waals surface area contributed by atoms with Gasteiger partial charge in [0.15, 0.2) is 12.4 Å². The highest BCUT2D eigenvalue weighted by molar-refractivity contribution is 6.06. The zero-order chi connectivity index (χ0) is 22.6. The number of nitrogens with zero attached hydrogens (tertiary/aromatic N) is 1. The van der Waals surface area contributed by atoms with E-state index in [9.17, 15) is 9.59 Å². The highest BCUT2D eigenvalue weighted by atomic mass is 16.5. The van der Waals surface area contributed by atoms with Crippen LogP contribution in [0, 0.1) is 0 Å². The Morgan fingerprint density at radius 3 is 2.52 bits per heavy atom. The summed E-state index contributed by atoms with van der Waals surface area (Å²) in [6.45, 7) is -0.399. The van der Waals surface area contributed by atoms with E-state index < -0.39 is 18.5 Å². The Kier molecular flexibility index (Phi) is 5.72. The molecule has 0 saturated carbocycles. The normalized spacial score (nSPS) is 12.2. The van der Waals surface area contributed by atoms with Gasteiger partial charge in [-0.2, -0.15) is 0 Å². The van der Waals surface area contributed by atoms with Gasteiger partial charge < -0.3 is 14.8 Å². The SMILES string of the molecule is O=C(COC(=O)c1c2c(nc3ccccc13)CCC2)Nc1ccccc1Oc1ccccc1. The smallest absolute Gasteiger partial charge is 0.339 e. The van der Waals surface area contributed by atoms with E-state index in [4.69, 9.17) is 14.5 Å². The molecule has 0 fully saturated rings. The molecule has 164 valence electrons. The van der Waals surface area contributed by atoms with E-state index in [1.807, 2.05) is 60.7 Å². The van der Waals surface area contributed by atoms with E-state index in [1.54, 1.807) is 18.2 Å². The van der Waals surface area contributed by atoms with Crippen molar-refractivity contribution in [3.8, 4) is 11.5 Å². The molecule has 33 heavy (non-hydrogen) atoms. The molecule has 0 bridgehead atoms. The largest absolute Gasteiger partial charge is 0.455 e. The molecule has 1 heterocycles. The van der Waals surface area contributed by atoms with Crippen LogP contribution in [0.15, 0.2) is 78.9 Å². The molecule has 0 aliphatic heterocycles. The highest BCUT2D eigenvalue weighted by Crippen LogP contribution is 2.31. The second kappa shape index (κ2) is 9.12. The van der Waals surface area contributed by atoms with Crippen LogP contribution in [-0.4, -0.2) is 23.5 Å². The second-order valence-electron chi connectivity index (χ2n) is 7.82. The summed E-state index contributed by atoms with van der Waals surface area (Å²) in [6.07, 6.45) is 2.59. The van der Waals surface area contributed by atoms with Crippen LogP contribution in [0.5, 0.6) is 11.5 Å². The first-order valence-electron chi connectivity index (χ1n) is 10.9. The van der Waals surface area contributed by atoms with E-state index in [-0.39, 0.29) is 0 Å². The summed E-state index contributed by atoms with van der Waals surface area (Å²) in [5.74, 6) is 0.212. The van der Waals surface area contributed by atoms with Crippen molar-refractivity contribution < 1.29 is 19.1 Å². The van der Waals surface area contributed by atoms with Crippen LogP contribution in [0.2, 0.25) is 0 Å². The minimum absolute atomic E-state index is 0.399. The summed E-state index contributed by atoms with van der Waals surface area (Å²) in [6, 6.07) is 24.0. The first kappa shape index (κ1) is 20.7. The zero-order valence-corrected chi connectivity index (χ0v) is 17.9. The van der Waals surface area contributed by atoms with Gasteiger partial charge in [0, 0.05) is 11.1 Å². The third-order valence-electron chi connectivity index (χ3n) is 5.59. The number of esters is 1. The average molecular weight is 438 g/mol. The lowest BCUT2D eigenvalue weighted by atomic mass is 10.0. The number of amides is 1. The van der Waals surface area contributed by atoms with Crippen molar-refractivity contribution >= 4 is 28.5 Å². The Bertz CT molecular complexity index is 1330. The number of hydrogen-bond acceptors (Lipinski definition) is 5. The predicted molar refractivity (Wildman–Crippen MR) is 126 cm³/mol. The number of anilines is 1. The molecular formula is C27H22N2O4. The van der Waals surface area contributed by atoms with E-state index >= 15 is 0 Å². The Morgan fingerprint density at radius 2 is 1.64 bits per heavy atom. The number of fused-ring (bicyclic) bond motifs is 2. The Balaban J connectivity index is 1.30. The van der Waals surface area contributed by atoms with Crippen molar-refractivity contribution in [3.63, 3.8) is 0 Å². The van der Waals surface area contributed by atoms with Crippen molar-refractivity contribution in [2.75, 3.05) is 11.9 Å². The molecule has 1 aromatic heterocycles. The fourth-order valence-electron chi connectivity index (χ4n) is 4.11. The van der Waals surface area contributed by atoms with Crippen LogP contribution >= 0.6 is 0 Å². The van der Waals surface area contributed by atoms with Gasteiger partial charge in [0.05, 0.1) is 16.8 Å². The standard InChI is InChI=1S/C27H22N2O4/c30-25(29-23-14-6-7-16-24(23)33-18-9-2-1-3-10-18)17-32-27(31)26-19-11-4-5-13-21(19)28-22-15-8-12-20(22)26/h1-7,9-11,13-14,16H,8,12,15,17H2,(H,29,30). The lowest BCUT2D eigenvalue weighted by Gasteiger charge is -2.14. The quantitative estimate of drug-likeness (QED) is 0.413. The maximum atomic E-state index is 13.0. The number of pyridine rings is 1. The molecule has 1 amide bonds. The van der Waals surface area contributed by atoms with Crippen LogP contribution in [0.25, 0.3) is 10.9 Å². The maximum Gasteiger partial charge on any atom is 0.339 e. The number of ether oxygens (including phenoxy) is 2. The van der Waals surface area contributed by atoms with E-state index in [2.05, 4.69) is 5.32 Å². The number of benzene rings is 3. The molecule has 6 heteroatoms. The third kappa shape index (κ3) is 4.41. The number of aromatic nitrogens is 1. The number of rotatable bonds is 6. The van der Waals surface area contributed by atoms with Crippen molar-refractivity contribution in [2.45, 2.75) is 19.3 Å². The lowest BCUT2D eigenvalue weighted by molar-refractivity contribution is -0.119. The van der Waals surface area contributed by atoms with Crippen molar-refractivity contribution in [1.82, 2.24) is 4.98 Å². The molecule has 0 spiro atoms. The van der Waals surface area contributed by atoms with Crippen molar-refractivity contribution in [3.05, 3.63) is 95.7 Å². The van der Waals surface area contributed by atoms with E-state index in [0.717, 1.165) is 41.4 Å². The Morgan fingerprint density at radius 1 is 0.879 bits per heavy atom. The number of nitrogens with one attached hydrogen (secondary N) is 1. The molecule has 1 aliphatic rings. The summed E-state index contributed by atoms with van der Waals surface area (Å²) >= 11 is 0. The summed E-state index contributed by atoms with van der Waals surface area (Å²) < 4.78 is 11.3. The zero-order valence-electron chi connectivity index (χ0n) is 17.9. The number of para-hydroxylation sites is 4. The molecule has 0 saturated heterocycles. The van der Waals surface area contributed by atoms with Gasteiger partial charge in [0.1, 0.15) is 5.75 Å². The first-order chi connectivity index (χ1) is 16.2. The first-order valence-corrected chi connectivity index (χ1v) is 10.9. The fourth-order valence-corrected chi connectivity index (χ4v) is 4.11. The van der Waals surface area contributed by atoms with Crippen LogP contribution in [-0.2, 0) is 22.4 Å². The third-order valence-corrected chi connectivity index (χ3v) is 5.59. The fraction of sp³-hybridized carbons (Fsp3) is 0.148. The van der Waals surface area contributed by atoms with Crippen LogP contribution in [0.4, 0.5) is 5.69 Å². The van der Waals surface area contributed by atoms with E-state index in [0.29, 0.717) is 22.7 Å². The van der Waals surface area contributed by atoms with Crippen molar-refractivity contribution in [1.29, 1.82) is 0 Å². The van der Waals surface area contributed by atoms with Gasteiger partial charge in [-0.15, -0.1) is 0 Å². The molecule has 6 nitrogen and oxygen atoms in total. The minimum Gasteiger partial charge on any atom is -0.455 e. The second-order valence-corrected chi connectivity index (χ2v) is 7.82. The molecular weight excluding hydrogens is 416 g/mol. The Hall–Kier alpha value is -4.19. The molecule has 3 aromatic carbocycles. The molecule has 4 aromatic rings. The number of aryl methyl sites for hydroxylation is 1. The predicted octanol–water partition coefficient (Wildman–Crippen LogP) is 5.31. The van der Waals surface area contributed by atoms with Gasteiger partial charge in [-0.1, -0.05) is 48.5 Å². The van der Waals surface area contributed by atoms with Gasteiger partial charge in [0.2, 0.25) is 0 Å². The molecule has 1 aliphatic carbocycles. The van der Waals surface area contributed by atoms with Gasteiger partial charge >= 0.3 is 5.97 Å². The summed E-state index contributed by atoms with van der Waals surface area (Å²) in [5, 5.41) is 3.53. The maximum absolute atomic E-state index is 13.0. The average Bonchev–Trinajstić information content (AvgIpc) is 3.31. The number of hydrogen-bond donors (Lipinski definition) is 1.